The molecule has 1 fully saturated rings. The summed E-state index contributed by atoms with van der Waals surface area (Å²) in [5.74, 6) is 0.218. The van der Waals surface area contributed by atoms with E-state index in [4.69, 9.17) is 5.41 Å². The van der Waals surface area contributed by atoms with Crippen LogP contribution < -0.4 is 10.2 Å². The number of hydrogen-bond acceptors (Lipinski definition) is 4. The van der Waals surface area contributed by atoms with Crippen LogP contribution in [0.5, 0.6) is 0 Å². The molecule has 2 aliphatic rings. The number of para-hydroxylation sites is 1. The molecule has 2 aliphatic heterocycles. The molecular weight excluding hydrogens is 318 g/mol. The van der Waals surface area contributed by atoms with E-state index in [0.717, 1.165) is 32.4 Å². The van der Waals surface area contributed by atoms with Gasteiger partial charge in [0, 0.05) is 10.5 Å². The molecule has 0 radical (unpaired) electrons. The van der Waals surface area contributed by atoms with E-state index in [1.807, 2.05) is 56.3 Å². The SMILES string of the molecule is Cc1ccc(N2C(=N)/C(=C3\Nc4ccccc4S3)CC2=O)cc1C. The summed E-state index contributed by atoms with van der Waals surface area (Å²) >= 11 is 1.59. The van der Waals surface area contributed by atoms with Crippen molar-refractivity contribution in [2.45, 2.75) is 25.2 Å². The molecule has 1 saturated heterocycles. The smallest absolute Gasteiger partial charge is 0.237 e. The lowest BCUT2D eigenvalue weighted by atomic mass is 10.1. The predicted octanol–water partition coefficient (Wildman–Crippen LogP) is 4.45. The monoisotopic (exact) mass is 335 g/mol. The third-order valence-electron chi connectivity index (χ3n) is 4.46. The Hall–Kier alpha value is -2.53. The fourth-order valence-electron chi connectivity index (χ4n) is 2.95. The van der Waals surface area contributed by atoms with Gasteiger partial charge in [-0.2, -0.15) is 0 Å². The number of aryl methyl sites for hydroxylation is 2. The predicted molar refractivity (Wildman–Crippen MR) is 98.7 cm³/mol. The van der Waals surface area contributed by atoms with Crippen molar-refractivity contribution in [2.75, 3.05) is 10.2 Å². The van der Waals surface area contributed by atoms with Crippen LogP contribution in [0.15, 0.2) is 58.0 Å². The number of hydrogen-bond donors (Lipinski definition) is 2. The standard InChI is InChI=1S/C19H17N3OS/c1-11-7-8-13(9-12(11)2)22-17(23)10-14(18(22)20)19-21-15-5-3-4-6-16(15)24-19/h3-9,20-21H,10H2,1-2H3/b19-14+,20-18?. The number of nitrogens with zero attached hydrogens (tertiary/aromatic N) is 1. The lowest BCUT2D eigenvalue weighted by molar-refractivity contribution is -0.116. The topological polar surface area (TPSA) is 56.2 Å². The molecule has 0 bridgehead atoms. The van der Waals surface area contributed by atoms with Crippen LogP contribution in [0.2, 0.25) is 0 Å². The van der Waals surface area contributed by atoms with E-state index >= 15 is 0 Å². The maximum absolute atomic E-state index is 12.5. The van der Waals surface area contributed by atoms with Gasteiger partial charge < -0.3 is 5.32 Å². The molecule has 0 atom stereocenters. The molecule has 1 amide bonds. The van der Waals surface area contributed by atoms with Crippen LogP contribution in [0.4, 0.5) is 11.4 Å². The fourth-order valence-corrected chi connectivity index (χ4v) is 4.00. The average Bonchev–Trinajstić information content (AvgIpc) is 3.11. The lowest BCUT2D eigenvalue weighted by Crippen LogP contribution is -2.28. The normalized spacial score (nSPS) is 19.7. The van der Waals surface area contributed by atoms with Crippen LogP contribution in [0.1, 0.15) is 17.5 Å². The van der Waals surface area contributed by atoms with Gasteiger partial charge in [-0.1, -0.05) is 30.0 Å². The molecule has 0 saturated carbocycles. The van der Waals surface area contributed by atoms with Gasteiger partial charge in [0.2, 0.25) is 5.91 Å². The van der Waals surface area contributed by atoms with Gasteiger partial charge in [0.25, 0.3) is 0 Å². The maximum atomic E-state index is 12.5. The van der Waals surface area contributed by atoms with Crippen LogP contribution >= 0.6 is 11.8 Å². The van der Waals surface area contributed by atoms with Gasteiger partial charge >= 0.3 is 0 Å². The van der Waals surface area contributed by atoms with Crippen molar-refractivity contribution in [2.24, 2.45) is 0 Å². The van der Waals surface area contributed by atoms with Crippen molar-refractivity contribution < 1.29 is 4.79 Å². The minimum atomic E-state index is -0.0518. The summed E-state index contributed by atoms with van der Waals surface area (Å²) in [5, 5.41) is 12.8. The first-order valence-electron chi connectivity index (χ1n) is 7.81. The van der Waals surface area contributed by atoms with Crippen molar-refractivity contribution in [3.05, 3.63) is 64.2 Å². The molecule has 2 heterocycles. The Balaban J connectivity index is 1.70. The zero-order valence-electron chi connectivity index (χ0n) is 13.5. The summed E-state index contributed by atoms with van der Waals surface area (Å²) in [6.07, 6.45) is 0.259. The molecule has 0 aromatic heterocycles. The number of carbonyl (C=O) groups is 1. The number of fused-ring (bicyclic) bond motifs is 1. The Kier molecular flexibility index (Phi) is 3.46. The number of amidine groups is 1. The molecule has 0 spiro atoms. The highest BCUT2D eigenvalue weighted by Crippen LogP contribution is 2.44. The van der Waals surface area contributed by atoms with E-state index in [0.29, 0.717) is 0 Å². The van der Waals surface area contributed by atoms with Crippen molar-refractivity contribution in [3.8, 4) is 0 Å². The third kappa shape index (κ3) is 2.32. The molecule has 24 heavy (non-hydrogen) atoms. The van der Waals surface area contributed by atoms with Crippen LogP contribution in [0.25, 0.3) is 0 Å². The number of nitrogens with one attached hydrogen (secondary N) is 2. The summed E-state index contributed by atoms with van der Waals surface area (Å²) in [6.45, 7) is 4.06. The van der Waals surface area contributed by atoms with Crippen LogP contribution in [-0.4, -0.2) is 11.7 Å². The zero-order valence-corrected chi connectivity index (χ0v) is 14.3. The van der Waals surface area contributed by atoms with E-state index in [9.17, 15) is 4.79 Å². The van der Waals surface area contributed by atoms with Crippen LogP contribution in [0.3, 0.4) is 0 Å². The van der Waals surface area contributed by atoms with Crippen molar-refractivity contribution >= 4 is 34.9 Å². The van der Waals surface area contributed by atoms with Gasteiger partial charge in [0.05, 0.1) is 22.8 Å². The third-order valence-corrected chi connectivity index (χ3v) is 5.59. The molecular formula is C19H17N3OS. The molecule has 120 valence electrons. The first kappa shape index (κ1) is 15.0. The molecule has 2 aromatic carbocycles. The van der Waals surface area contributed by atoms with Crippen LogP contribution in [-0.2, 0) is 4.79 Å². The zero-order chi connectivity index (χ0) is 16.8. The fraction of sp³-hybridized carbons (Fsp3) is 0.158. The van der Waals surface area contributed by atoms with E-state index in [2.05, 4.69) is 5.32 Å². The maximum Gasteiger partial charge on any atom is 0.237 e. The number of anilines is 2. The number of amides is 1. The second-order valence-corrected chi connectivity index (χ2v) is 7.11. The Bertz CT molecular complexity index is 890. The van der Waals surface area contributed by atoms with Gasteiger partial charge in [-0.3, -0.25) is 15.1 Å². The van der Waals surface area contributed by atoms with Crippen molar-refractivity contribution in [1.82, 2.24) is 0 Å². The minimum Gasteiger partial charge on any atom is -0.349 e. The van der Waals surface area contributed by atoms with E-state index < -0.39 is 0 Å². The van der Waals surface area contributed by atoms with Gasteiger partial charge in [-0.05, 0) is 49.2 Å². The summed E-state index contributed by atoms with van der Waals surface area (Å²) in [4.78, 5) is 15.2. The van der Waals surface area contributed by atoms with Crippen molar-refractivity contribution in [1.29, 1.82) is 5.41 Å². The Morgan fingerprint density at radius 2 is 1.92 bits per heavy atom. The highest BCUT2D eigenvalue weighted by Gasteiger charge is 2.35. The van der Waals surface area contributed by atoms with E-state index in [-0.39, 0.29) is 18.2 Å². The van der Waals surface area contributed by atoms with Crippen LogP contribution in [0, 0.1) is 19.3 Å². The summed E-state index contributed by atoms with van der Waals surface area (Å²) in [5.41, 5.74) is 4.87. The number of benzene rings is 2. The van der Waals surface area contributed by atoms with Gasteiger partial charge in [0.15, 0.2) is 0 Å². The molecule has 0 aliphatic carbocycles. The summed E-state index contributed by atoms with van der Waals surface area (Å²) in [6, 6.07) is 13.9. The Labute approximate surface area is 145 Å². The largest absolute Gasteiger partial charge is 0.349 e. The first-order valence-corrected chi connectivity index (χ1v) is 8.62. The van der Waals surface area contributed by atoms with E-state index in [1.54, 1.807) is 11.8 Å². The highest BCUT2D eigenvalue weighted by atomic mass is 32.2. The second-order valence-electron chi connectivity index (χ2n) is 6.05. The Morgan fingerprint density at radius 3 is 2.67 bits per heavy atom. The van der Waals surface area contributed by atoms with Gasteiger partial charge in [-0.25, -0.2) is 0 Å². The molecule has 2 N–H and O–H groups in total. The molecule has 4 nitrogen and oxygen atoms in total. The van der Waals surface area contributed by atoms with Crippen molar-refractivity contribution in [3.63, 3.8) is 0 Å². The molecule has 0 unspecified atom stereocenters. The average molecular weight is 335 g/mol. The summed E-state index contributed by atoms with van der Waals surface area (Å²) in [7, 11) is 0. The first-order chi connectivity index (χ1) is 11.5. The number of carbonyl (C=O) groups excluding carboxylic acids is 1. The summed E-state index contributed by atoms with van der Waals surface area (Å²) < 4.78 is 0. The quantitative estimate of drug-likeness (QED) is 0.809. The highest BCUT2D eigenvalue weighted by molar-refractivity contribution is 8.03. The molecule has 5 heteroatoms. The number of thioether (sulfide) groups is 1. The van der Waals surface area contributed by atoms with E-state index in [1.165, 1.54) is 10.5 Å². The lowest BCUT2D eigenvalue weighted by Gasteiger charge is -2.17. The van der Waals surface area contributed by atoms with Gasteiger partial charge in [-0.15, -0.1) is 0 Å². The minimum absolute atomic E-state index is 0.0518. The van der Waals surface area contributed by atoms with Gasteiger partial charge in [0.1, 0.15) is 5.84 Å². The Morgan fingerprint density at radius 1 is 1.12 bits per heavy atom. The molecule has 2 aromatic rings. The second kappa shape index (κ2) is 5.53. The number of rotatable bonds is 1. The molecule has 4 rings (SSSR count).